The van der Waals surface area contributed by atoms with E-state index >= 15 is 0 Å². The summed E-state index contributed by atoms with van der Waals surface area (Å²) in [5.74, 6) is 2.27. The van der Waals surface area contributed by atoms with Crippen LogP contribution in [0.25, 0.3) is 11.6 Å². The van der Waals surface area contributed by atoms with Gasteiger partial charge in [-0.2, -0.15) is 5.26 Å². The minimum absolute atomic E-state index is 0.150. The fourth-order valence-corrected chi connectivity index (χ4v) is 4.28. The zero-order valence-electron chi connectivity index (χ0n) is 19.0. The van der Waals surface area contributed by atoms with Gasteiger partial charge < -0.3 is 9.64 Å². The first-order valence-corrected chi connectivity index (χ1v) is 11.2. The maximum atomic E-state index is 13.3. The van der Waals surface area contributed by atoms with Gasteiger partial charge in [-0.1, -0.05) is 24.1 Å². The standard InChI is InChI=1S/C28H23N3O4/c1-2-17-35-24-9-7-20(8-10-24)22(19-29)18-21-5-3-4-6-25(21)28(34)30-15-13-23(14-16-30)31-26(32)11-12-27(31)33/h1,3-12,18,23H,13-17H2/b22-18+. The molecule has 0 atom stereocenters. The summed E-state index contributed by atoms with van der Waals surface area (Å²) in [7, 11) is 0. The summed E-state index contributed by atoms with van der Waals surface area (Å²) in [5.41, 5.74) is 2.23. The number of likely N-dealkylation sites (tertiary alicyclic amines) is 1. The lowest BCUT2D eigenvalue weighted by atomic mass is 9.98. The van der Waals surface area contributed by atoms with Crippen molar-refractivity contribution in [1.29, 1.82) is 5.26 Å². The molecular formula is C28H23N3O4. The first kappa shape index (κ1) is 23.5. The molecule has 0 aliphatic carbocycles. The van der Waals surface area contributed by atoms with Crippen LogP contribution in [0.3, 0.4) is 0 Å². The van der Waals surface area contributed by atoms with Crippen molar-refractivity contribution in [3.63, 3.8) is 0 Å². The van der Waals surface area contributed by atoms with Crippen molar-refractivity contribution in [2.45, 2.75) is 18.9 Å². The van der Waals surface area contributed by atoms with Gasteiger partial charge in [-0.05, 0) is 60.4 Å². The molecule has 35 heavy (non-hydrogen) atoms. The van der Waals surface area contributed by atoms with Crippen LogP contribution >= 0.6 is 0 Å². The zero-order chi connectivity index (χ0) is 24.8. The lowest BCUT2D eigenvalue weighted by molar-refractivity contribution is -0.140. The Hall–Kier alpha value is -4.62. The average Bonchev–Trinajstić information content (AvgIpc) is 3.24. The van der Waals surface area contributed by atoms with Gasteiger partial charge in [-0.15, -0.1) is 6.42 Å². The predicted molar refractivity (Wildman–Crippen MR) is 131 cm³/mol. The Labute approximate surface area is 203 Å². The molecular weight excluding hydrogens is 442 g/mol. The Balaban J connectivity index is 1.50. The fourth-order valence-electron chi connectivity index (χ4n) is 4.28. The minimum Gasteiger partial charge on any atom is -0.481 e. The number of ether oxygens (including phenoxy) is 1. The van der Waals surface area contributed by atoms with Crippen LogP contribution in [-0.4, -0.2) is 53.3 Å². The third kappa shape index (κ3) is 5.15. The number of nitriles is 1. The van der Waals surface area contributed by atoms with Gasteiger partial charge in [0.1, 0.15) is 12.4 Å². The first-order valence-electron chi connectivity index (χ1n) is 11.2. The minimum atomic E-state index is -0.296. The van der Waals surface area contributed by atoms with Crippen LogP contribution in [0.2, 0.25) is 0 Å². The molecule has 0 N–H and O–H groups in total. The molecule has 0 bridgehead atoms. The fraction of sp³-hybridized carbons (Fsp3) is 0.214. The molecule has 1 saturated heterocycles. The quantitative estimate of drug-likeness (QED) is 0.283. The van der Waals surface area contributed by atoms with E-state index in [1.807, 2.05) is 6.07 Å². The van der Waals surface area contributed by atoms with Crippen LogP contribution in [0.4, 0.5) is 0 Å². The molecule has 1 fully saturated rings. The normalized spacial score (nSPS) is 16.2. The van der Waals surface area contributed by atoms with Crippen molar-refractivity contribution < 1.29 is 19.1 Å². The molecule has 0 spiro atoms. The molecule has 0 saturated carbocycles. The van der Waals surface area contributed by atoms with Gasteiger partial charge in [-0.25, -0.2) is 0 Å². The third-order valence-electron chi connectivity index (χ3n) is 6.06. The molecule has 7 nitrogen and oxygen atoms in total. The number of terminal acetylenes is 1. The monoisotopic (exact) mass is 465 g/mol. The zero-order valence-corrected chi connectivity index (χ0v) is 19.0. The van der Waals surface area contributed by atoms with Crippen LogP contribution in [0.1, 0.15) is 34.3 Å². The number of imide groups is 1. The van der Waals surface area contributed by atoms with E-state index in [-0.39, 0.29) is 30.4 Å². The molecule has 2 aromatic rings. The van der Waals surface area contributed by atoms with Crippen LogP contribution in [-0.2, 0) is 9.59 Å². The van der Waals surface area contributed by atoms with E-state index in [9.17, 15) is 19.6 Å². The summed E-state index contributed by atoms with van der Waals surface area (Å²) in [6.45, 7) is 1.03. The summed E-state index contributed by atoms with van der Waals surface area (Å²) in [6, 6.07) is 16.2. The summed E-state index contributed by atoms with van der Waals surface area (Å²) in [4.78, 5) is 40.3. The van der Waals surface area contributed by atoms with Gasteiger partial charge in [0.15, 0.2) is 0 Å². The number of rotatable bonds is 6. The molecule has 2 heterocycles. The van der Waals surface area contributed by atoms with Crippen LogP contribution in [0.15, 0.2) is 60.7 Å². The number of carbonyl (C=O) groups excluding carboxylic acids is 3. The Morgan fingerprint density at radius 1 is 1.06 bits per heavy atom. The number of allylic oxidation sites excluding steroid dienone is 1. The molecule has 174 valence electrons. The number of piperidine rings is 1. The van der Waals surface area contributed by atoms with Gasteiger partial charge in [0.05, 0.1) is 11.6 Å². The summed E-state index contributed by atoms with van der Waals surface area (Å²) < 4.78 is 5.38. The highest BCUT2D eigenvalue weighted by atomic mass is 16.5. The molecule has 3 amide bonds. The molecule has 2 aliphatic rings. The van der Waals surface area contributed by atoms with Gasteiger partial charge in [0.2, 0.25) is 0 Å². The Morgan fingerprint density at radius 3 is 2.34 bits per heavy atom. The second-order valence-corrected chi connectivity index (χ2v) is 8.18. The lowest BCUT2D eigenvalue weighted by Crippen LogP contribution is -2.48. The second kappa shape index (κ2) is 10.5. The Bertz CT molecular complexity index is 1270. The molecule has 0 unspecified atom stereocenters. The van der Waals surface area contributed by atoms with Crippen molar-refractivity contribution in [2.24, 2.45) is 0 Å². The molecule has 0 radical (unpaired) electrons. The maximum Gasteiger partial charge on any atom is 0.254 e. The van der Waals surface area contributed by atoms with E-state index in [0.29, 0.717) is 53.9 Å². The van der Waals surface area contributed by atoms with Gasteiger partial charge in [0, 0.05) is 36.8 Å². The summed E-state index contributed by atoms with van der Waals surface area (Å²) in [5, 5.41) is 9.77. The van der Waals surface area contributed by atoms with Gasteiger partial charge >= 0.3 is 0 Å². The number of hydrogen-bond acceptors (Lipinski definition) is 5. The molecule has 2 aliphatic heterocycles. The van der Waals surface area contributed by atoms with Crippen molar-refractivity contribution in [3.05, 3.63) is 77.4 Å². The van der Waals surface area contributed by atoms with E-state index in [2.05, 4.69) is 12.0 Å². The van der Waals surface area contributed by atoms with Gasteiger partial charge in [0.25, 0.3) is 17.7 Å². The SMILES string of the molecule is C#CCOc1ccc(/C(C#N)=C/c2ccccc2C(=O)N2CCC(N3C(=O)C=CC3=O)CC2)cc1. The largest absolute Gasteiger partial charge is 0.481 e. The Morgan fingerprint density at radius 2 is 1.71 bits per heavy atom. The molecule has 2 aromatic carbocycles. The van der Waals surface area contributed by atoms with Crippen molar-refractivity contribution in [1.82, 2.24) is 9.80 Å². The van der Waals surface area contributed by atoms with Crippen molar-refractivity contribution in [2.75, 3.05) is 19.7 Å². The molecule has 4 rings (SSSR count). The highest BCUT2D eigenvalue weighted by molar-refractivity contribution is 6.13. The predicted octanol–water partition coefficient (Wildman–Crippen LogP) is 3.29. The summed E-state index contributed by atoms with van der Waals surface area (Å²) >= 11 is 0. The number of carbonyl (C=O) groups is 3. The van der Waals surface area contributed by atoms with Crippen molar-refractivity contribution >= 4 is 29.4 Å². The number of nitrogens with zero attached hydrogens (tertiary/aromatic N) is 3. The third-order valence-corrected chi connectivity index (χ3v) is 6.06. The topological polar surface area (TPSA) is 90.7 Å². The van der Waals surface area contributed by atoms with E-state index in [1.165, 1.54) is 17.1 Å². The first-order chi connectivity index (χ1) is 17.0. The number of amides is 3. The highest BCUT2D eigenvalue weighted by Crippen LogP contribution is 2.25. The van der Waals surface area contributed by atoms with Crippen LogP contribution in [0, 0.1) is 23.7 Å². The maximum absolute atomic E-state index is 13.3. The second-order valence-electron chi connectivity index (χ2n) is 8.18. The van der Waals surface area contributed by atoms with Crippen molar-refractivity contribution in [3.8, 4) is 24.2 Å². The summed E-state index contributed by atoms with van der Waals surface area (Å²) in [6.07, 6.45) is 10.5. The Kier molecular flexibility index (Phi) is 7.09. The van der Waals surface area contributed by atoms with E-state index < -0.39 is 0 Å². The number of benzene rings is 2. The van der Waals surface area contributed by atoms with Gasteiger partial charge in [-0.3, -0.25) is 19.3 Å². The van der Waals surface area contributed by atoms with Crippen LogP contribution < -0.4 is 4.74 Å². The lowest BCUT2D eigenvalue weighted by Gasteiger charge is -2.36. The van der Waals surface area contributed by atoms with E-state index in [1.54, 1.807) is 53.4 Å². The highest BCUT2D eigenvalue weighted by Gasteiger charge is 2.34. The molecule has 0 aromatic heterocycles. The smallest absolute Gasteiger partial charge is 0.254 e. The van der Waals surface area contributed by atoms with E-state index in [4.69, 9.17) is 11.2 Å². The van der Waals surface area contributed by atoms with Crippen LogP contribution in [0.5, 0.6) is 5.75 Å². The number of hydrogen-bond donors (Lipinski definition) is 0. The average molecular weight is 466 g/mol. The molecule has 7 heteroatoms. The van der Waals surface area contributed by atoms with E-state index in [0.717, 1.165) is 0 Å².